The molecule has 0 aromatic carbocycles. The summed E-state index contributed by atoms with van der Waals surface area (Å²) in [4.78, 5) is 11.3. The van der Waals surface area contributed by atoms with Gasteiger partial charge in [-0.3, -0.25) is 4.79 Å². The highest BCUT2D eigenvalue weighted by atomic mass is 16.1. The minimum absolute atomic E-state index is 0.216. The van der Waals surface area contributed by atoms with Crippen LogP contribution < -0.4 is 0 Å². The number of hydrogen-bond acceptors (Lipinski definition) is 3. The Morgan fingerprint density at radius 1 is 1.42 bits per heavy atom. The fourth-order valence-electron chi connectivity index (χ4n) is 0.593. The first-order valence-corrected chi connectivity index (χ1v) is 4.07. The molecular formula is C9H18N2O. The maximum atomic E-state index is 11.3. The van der Waals surface area contributed by atoms with Gasteiger partial charge in [-0.05, 0) is 0 Å². The summed E-state index contributed by atoms with van der Waals surface area (Å²) in [6, 6.07) is 0. The van der Waals surface area contributed by atoms with Crippen molar-refractivity contribution in [1.82, 2.24) is 5.01 Å². The van der Waals surface area contributed by atoms with Crippen molar-refractivity contribution in [2.24, 2.45) is 10.5 Å². The molecular weight excluding hydrogens is 152 g/mol. The van der Waals surface area contributed by atoms with Gasteiger partial charge in [-0.1, -0.05) is 20.8 Å². The third-order valence-electron chi connectivity index (χ3n) is 1.43. The van der Waals surface area contributed by atoms with E-state index in [1.165, 1.54) is 0 Å². The van der Waals surface area contributed by atoms with Crippen LogP contribution in [0.25, 0.3) is 0 Å². The Hall–Kier alpha value is -0.860. The van der Waals surface area contributed by atoms with E-state index in [1.807, 2.05) is 34.9 Å². The van der Waals surface area contributed by atoms with Crippen molar-refractivity contribution >= 4 is 12.0 Å². The van der Waals surface area contributed by atoms with Crippen molar-refractivity contribution < 1.29 is 4.79 Å². The zero-order valence-corrected chi connectivity index (χ0v) is 8.59. The molecule has 0 radical (unpaired) electrons. The molecule has 0 aliphatic carbocycles. The molecule has 3 heteroatoms. The summed E-state index contributed by atoms with van der Waals surface area (Å²) < 4.78 is 0. The van der Waals surface area contributed by atoms with Crippen LogP contribution in [-0.4, -0.2) is 31.1 Å². The van der Waals surface area contributed by atoms with Crippen LogP contribution in [0.4, 0.5) is 0 Å². The van der Waals surface area contributed by atoms with Crippen LogP contribution in [0.15, 0.2) is 5.10 Å². The fourth-order valence-corrected chi connectivity index (χ4v) is 0.593. The summed E-state index contributed by atoms with van der Waals surface area (Å²) in [7, 11) is 3.66. The summed E-state index contributed by atoms with van der Waals surface area (Å²) in [5.41, 5.74) is -0.252. The van der Waals surface area contributed by atoms with Gasteiger partial charge in [0.15, 0.2) is 0 Å². The molecule has 0 rings (SSSR count). The number of carbonyl (C=O) groups is 1. The molecule has 0 amide bonds. The quantitative estimate of drug-likeness (QED) is 0.475. The molecule has 0 fully saturated rings. The molecule has 0 aliphatic heterocycles. The smallest absolute Gasteiger partial charge is 0.143 e. The number of Topliss-reactive ketones (excluding diaryl/α,β-unsaturated/α-hetero) is 1. The Morgan fingerprint density at radius 2 is 1.92 bits per heavy atom. The molecule has 70 valence electrons. The number of carbonyl (C=O) groups excluding carboxylic acids is 1. The van der Waals surface area contributed by atoms with E-state index in [4.69, 9.17) is 0 Å². The van der Waals surface area contributed by atoms with E-state index >= 15 is 0 Å². The lowest BCUT2D eigenvalue weighted by Gasteiger charge is -2.14. The average Bonchev–Trinajstić information content (AvgIpc) is 1.84. The molecule has 0 heterocycles. The van der Waals surface area contributed by atoms with Gasteiger partial charge in [-0.2, -0.15) is 5.10 Å². The topological polar surface area (TPSA) is 32.7 Å². The van der Waals surface area contributed by atoms with E-state index in [0.717, 1.165) is 0 Å². The molecule has 0 bridgehead atoms. The third kappa shape index (κ3) is 4.88. The summed E-state index contributed by atoms with van der Waals surface area (Å²) >= 11 is 0. The standard InChI is InChI=1S/C9H18N2O/c1-9(2,3)8(12)6-7-10-11(4)5/h7H,6H2,1-5H3/b10-7+. The van der Waals surface area contributed by atoms with E-state index in [1.54, 1.807) is 11.2 Å². The second-order valence-electron chi connectivity index (χ2n) is 4.02. The second-order valence-corrected chi connectivity index (χ2v) is 4.02. The first kappa shape index (κ1) is 11.1. The fraction of sp³-hybridized carbons (Fsp3) is 0.778. The Labute approximate surface area is 74.4 Å². The van der Waals surface area contributed by atoms with E-state index < -0.39 is 0 Å². The normalized spacial score (nSPS) is 12.1. The molecule has 3 nitrogen and oxygen atoms in total. The zero-order chi connectivity index (χ0) is 9.78. The highest BCUT2D eigenvalue weighted by molar-refractivity contribution is 5.94. The lowest BCUT2D eigenvalue weighted by Crippen LogP contribution is -2.20. The Bertz CT molecular complexity index is 177. The molecule has 0 N–H and O–H groups in total. The number of rotatable bonds is 3. The van der Waals surface area contributed by atoms with Crippen molar-refractivity contribution in [2.75, 3.05) is 14.1 Å². The van der Waals surface area contributed by atoms with Crippen LogP contribution in [0, 0.1) is 5.41 Å². The number of ketones is 1. The first-order chi connectivity index (χ1) is 5.34. The van der Waals surface area contributed by atoms with Gasteiger partial charge in [0.05, 0.1) is 0 Å². The number of hydrazone groups is 1. The summed E-state index contributed by atoms with van der Waals surface area (Å²) in [5.74, 6) is 0.216. The zero-order valence-electron chi connectivity index (χ0n) is 8.59. The Balaban J connectivity index is 3.88. The van der Waals surface area contributed by atoms with Gasteiger partial charge in [0.2, 0.25) is 0 Å². The van der Waals surface area contributed by atoms with Crippen LogP contribution in [0.3, 0.4) is 0 Å². The van der Waals surface area contributed by atoms with Crippen molar-refractivity contribution in [3.05, 3.63) is 0 Å². The summed E-state index contributed by atoms with van der Waals surface area (Å²) in [6.07, 6.45) is 2.06. The van der Waals surface area contributed by atoms with Crippen LogP contribution >= 0.6 is 0 Å². The minimum Gasteiger partial charge on any atom is -0.303 e. The van der Waals surface area contributed by atoms with Gasteiger partial charge in [0, 0.05) is 32.1 Å². The molecule has 0 aliphatic rings. The van der Waals surface area contributed by atoms with Gasteiger partial charge in [-0.25, -0.2) is 0 Å². The molecule has 12 heavy (non-hydrogen) atoms. The predicted molar refractivity (Wildman–Crippen MR) is 51.3 cm³/mol. The molecule has 0 aromatic rings. The maximum absolute atomic E-state index is 11.3. The van der Waals surface area contributed by atoms with E-state index in [2.05, 4.69) is 5.10 Å². The van der Waals surface area contributed by atoms with Crippen molar-refractivity contribution in [2.45, 2.75) is 27.2 Å². The van der Waals surface area contributed by atoms with Crippen molar-refractivity contribution in [1.29, 1.82) is 0 Å². The Kier molecular flexibility index (Phi) is 3.93. The van der Waals surface area contributed by atoms with Crippen molar-refractivity contribution in [3.8, 4) is 0 Å². The molecule has 0 saturated heterocycles. The second kappa shape index (κ2) is 4.24. The largest absolute Gasteiger partial charge is 0.303 e. The SMILES string of the molecule is CN(C)/N=C/CC(=O)C(C)(C)C. The van der Waals surface area contributed by atoms with Crippen LogP contribution in [-0.2, 0) is 4.79 Å². The van der Waals surface area contributed by atoms with E-state index in [0.29, 0.717) is 6.42 Å². The van der Waals surface area contributed by atoms with E-state index in [9.17, 15) is 4.79 Å². The lowest BCUT2D eigenvalue weighted by molar-refractivity contribution is -0.124. The van der Waals surface area contributed by atoms with Crippen LogP contribution in [0.2, 0.25) is 0 Å². The minimum atomic E-state index is -0.252. The predicted octanol–water partition coefficient (Wildman–Crippen LogP) is 1.54. The summed E-state index contributed by atoms with van der Waals surface area (Å²) in [6.45, 7) is 5.75. The van der Waals surface area contributed by atoms with Crippen LogP contribution in [0.1, 0.15) is 27.2 Å². The Morgan fingerprint density at radius 3 is 2.25 bits per heavy atom. The molecule has 0 aromatic heterocycles. The maximum Gasteiger partial charge on any atom is 0.143 e. The van der Waals surface area contributed by atoms with Gasteiger partial charge in [0.1, 0.15) is 5.78 Å². The monoisotopic (exact) mass is 170 g/mol. The molecule has 0 atom stereocenters. The van der Waals surface area contributed by atoms with E-state index in [-0.39, 0.29) is 11.2 Å². The number of hydrogen-bond donors (Lipinski definition) is 0. The average molecular weight is 170 g/mol. The molecule has 0 unspecified atom stereocenters. The van der Waals surface area contributed by atoms with Crippen LogP contribution in [0.5, 0.6) is 0 Å². The van der Waals surface area contributed by atoms with Gasteiger partial charge >= 0.3 is 0 Å². The first-order valence-electron chi connectivity index (χ1n) is 4.07. The molecule has 0 saturated carbocycles. The van der Waals surface area contributed by atoms with Crippen molar-refractivity contribution in [3.63, 3.8) is 0 Å². The summed E-state index contributed by atoms with van der Waals surface area (Å²) in [5, 5.41) is 5.64. The third-order valence-corrected chi connectivity index (χ3v) is 1.43. The lowest BCUT2D eigenvalue weighted by atomic mass is 9.89. The van der Waals surface area contributed by atoms with Gasteiger partial charge in [-0.15, -0.1) is 0 Å². The molecule has 0 spiro atoms. The highest BCUT2D eigenvalue weighted by Gasteiger charge is 2.19. The number of nitrogens with zero attached hydrogens (tertiary/aromatic N) is 2. The van der Waals surface area contributed by atoms with Gasteiger partial charge in [0.25, 0.3) is 0 Å². The highest BCUT2D eigenvalue weighted by Crippen LogP contribution is 2.15. The van der Waals surface area contributed by atoms with Gasteiger partial charge < -0.3 is 5.01 Å².